The average molecular weight is 149 g/mol. The number of aryl methyl sites for hydroxylation is 1. The van der Waals surface area contributed by atoms with Crippen LogP contribution < -0.4 is 0 Å². The van der Waals surface area contributed by atoms with Gasteiger partial charge in [-0.2, -0.15) is 5.26 Å². The first-order chi connectivity index (χ1) is 5.29. The van der Waals surface area contributed by atoms with Gasteiger partial charge in [0.1, 0.15) is 11.9 Å². The summed E-state index contributed by atoms with van der Waals surface area (Å²) in [6, 6.07) is 6.66. The summed E-state index contributed by atoms with van der Waals surface area (Å²) in [4.78, 5) is 0. The quantitative estimate of drug-likeness (QED) is 0.600. The van der Waals surface area contributed by atoms with Crippen molar-refractivity contribution < 1.29 is 4.39 Å². The van der Waals surface area contributed by atoms with Crippen LogP contribution in [0.5, 0.6) is 0 Å². The van der Waals surface area contributed by atoms with Gasteiger partial charge in [0.2, 0.25) is 0 Å². The van der Waals surface area contributed by atoms with Gasteiger partial charge in [0, 0.05) is 0 Å². The Labute approximate surface area is 65.1 Å². The largest absolute Gasteiger partial charge is 0.205 e. The maximum atomic E-state index is 13.1. The van der Waals surface area contributed by atoms with E-state index in [1.165, 1.54) is 6.07 Å². The third-order valence-corrected chi connectivity index (χ3v) is 1.58. The fraction of sp³-hybridized carbons (Fsp3) is 0.222. The topological polar surface area (TPSA) is 23.8 Å². The second kappa shape index (κ2) is 3.16. The van der Waals surface area contributed by atoms with E-state index in [4.69, 9.17) is 5.26 Å². The molecule has 1 aromatic rings. The van der Waals surface area contributed by atoms with Crippen LogP contribution in [0.2, 0.25) is 0 Å². The molecule has 0 aliphatic rings. The van der Waals surface area contributed by atoms with E-state index in [2.05, 4.69) is 0 Å². The molecule has 0 aliphatic carbocycles. The van der Waals surface area contributed by atoms with Crippen molar-refractivity contribution in [3.05, 3.63) is 35.1 Å². The molecule has 0 N–H and O–H groups in total. The van der Waals surface area contributed by atoms with Crippen LogP contribution in [0.3, 0.4) is 0 Å². The molecule has 0 amide bonds. The fourth-order valence-corrected chi connectivity index (χ4v) is 0.939. The lowest BCUT2D eigenvalue weighted by atomic mass is 10.1. The van der Waals surface area contributed by atoms with Gasteiger partial charge in [-0.05, 0) is 18.1 Å². The van der Waals surface area contributed by atoms with Crippen LogP contribution in [0.25, 0.3) is 0 Å². The fourth-order valence-electron chi connectivity index (χ4n) is 0.939. The molecule has 0 bridgehead atoms. The maximum absolute atomic E-state index is 13.1. The SMILES string of the molecule is CCc1cccc(C#N)c1F. The Bertz CT molecular complexity index is 299. The zero-order valence-electron chi connectivity index (χ0n) is 6.26. The molecule has 0 aromatic heterocycles. The Kier molecular flexibility index (Phi) is 2.22. The zero-order valence-corrected chi connectivity index (χ0v) is 6.26. The molecule has 0 saturated carbocycles. The highest BCUT2D eigenvalue weighted by atomic mass is 19.1. The number of hydrogen-bond acceptors (Lipinski definition) is 1. The summed E-state index contributed by atoms with van der Waals surface area (Å²) in [6.45, 7) is 1.86. The Hall–Kier alpha value is -1.36. The summed E-state index contributed by atoms with van der Waals surface area (Å²) in [5.41, 5.74) is 0.730. The molecule has 0 spiro atoms. The number of benzene rings is 1. The molecule has 0 saturated heterocycles. The molecule has 1 rings (SSSR count). The van der Waals surface area contributed by atoms with E-state index in [9.17, 15) is 4.39 Å². The minimum Gasteiger partial charge on any atom is -0.205 e. The minimum absolute atomic E-state index is 0.129. The third kappa shape index (κ3) is 1.38. The summed E-state index contributed by atoms with van der Waals surface area (Å²) < 4.78 is 13.1. The summed E-state index contributed by atoms with van der Waals surface area (Å²) in [7, 11) is 0. The molecular weight excluding hydrogens is 141 g/mol. The van der Waals surface area contributed by atoms with Crippen LogP contribution in [-0.2, 0) is 6.42 Å². The number of nitriles is 1. The molecule has 0 unspecified atom stereocenters. The van der Waals surface area contributed by atoms with Crippen LogP contribution in [0.15, 0.2) is 18.2 Å². The third-order valence-electron chi connectivity index (χ3n) is 1.58. The van der Waals surface area contributed by atoms with Gasteiger partial charge in [-0.1, -0.05) is 19.1 Å². The highest BCUT2D eigenvalue weighted by molar-refractivity contribution is 5.34. The number of nitrogens with zero attached hydrogens (tertiary/aromatic N) is 1. The second-order valence-electron chi connectivity index (χ2n) is 2.24. The molecule has 1 nitrogen and oxygen atoms in total. The Morgan fingerprint density at radius 3 is 2.82 bits per heavy atom. The van der Waals surface area contributed by atoms with Crippen LogP contribution in [-0.4, -0.2) is 0 Å². The highest BCUT2D eigenvalue weighted by Crippen LogP contribution is 2.11. The van der Waals surface area contributed by atoms with E-state index in [0.29, 0.717) is 12.0 Å². The van der Waals surface area contributed by atoms with E-state index in [1.807, 2.05) is 6.92 Å². The van der Waals surface area contributed by atoms with Crippen LogP contribution in [0, 0.1) is 17.1 Å². The number of hydrogen-bond donors (Lipinski definition) is 0. The highest BCUT2D eigenvalue weighted by Gasteiger charge is 2.03. The van der Waals surface area contributed by atoms with Gasteiger partial charge in [0.05, 0.1) is 5.56 Å². The van der Waals surface area contributed by atoms with Crippen molar-refractivity contribution in [2.45, 2.75) is 13.3 Å². The Morgan fingerprint density at radius 1 is 1.55 bits per heavy atom. The lowest BCUT2D eigenvalue weighted by Crippen LogP contribution is -1.90. The van der Waals surface area contributed by atoms with Crippen molar-refractivity contribution in [3.63, 3.8) is 0 Å². The van der Waals surface area contributed by atoms with Crippen molar-refractivity contribution in [2.24, 2.45) is 0 Å². The first kappa shape index (κ1) is 7.74. The van der Waals surface area contributed by atoms with Gasteiger partial charge in [0.25, 0.3) is 0 Å². The van der Waals surface area contributed by atoms with E-state index >= 15 is 0 Å². The molecule has 0 radical (unpaired) electrons. The zero-order chi connectivity index (χ0) is 8.27. The monoisotopic (exact) mass is 149 g/mol. The van der Waals surface area contributed by atoms with Crippen LogP contribution >= 0.6 is 0 Å². The average Bonchev–Trinajstić information content (AvgIpc) is 2.05. The van der Waals surface area contributed by atoms with Crippen molar-refractivity contribution in [3.8, 4) is 6.07 Å². The van der Waals surface area contributed by atoms with E-state index < -0.39 is 0 Å². The van der Waals surface area contributed by atoms with Crippen LogP contribution in [0.1, 0.15) is 18.1 Å². The molecule has 56 valence electrons. The van der Waals surface area contributed by atoms with Gasteiger partial charge < -0.3 is 0 Å². The standard InChI is InChI=1S/C9H8FN/c1-2-7-4-3-5-8(6-11)9(7)10/h3-5H,2H2,1H3. The van der Waals surface area contributed by atoms with Crippen molar-refractivity contribution in [2.75, 3.05) is 0 Å². The molecule has 0 atom stereocenters. The summed E-state index contributed by atoms with van der Waals surface area (Å²) in [6.07, 6.45) is 0.626. The Balaban J connectivity index is 3.23. The lowest BCUT2D eigenvalue weighted by Gasteiger charge is -1.98. The smallest absolute Gasteiger partial charge is 0.144 e. The van der Waals surface area contributed by atoms with Crippen LogP contribution in [0.4, 0.5) is 4.39 Å². The molecule has 2 heteroatoms. The van der Waals surface area contributed by atoms with Gasteiger partial charge in [-0.3, -0.25) is 0 Å². The maximum Gasteiger partial charge on any atom is 0.144 e. The predicted octanol–water partition coefficient (Wildman–Crippen LogP) is 2.26. The molecule has 1 aromatic carbocycles. The van der Waals surface area contributed by atoms with E-state index in [1.54, 1.807) is 18.2 Å². The predicted molar refractivity (Wildman–Crippen MR) is 40.5 cm³/mol. The van der Waals surface area contributed by atoms with Gasteiger partial charge in [-0.25, -0.2) is 4.39 Å². The van der Waals surface area contributed by atoms with Gasteiger partial charge in [0.15, 0.2) is 0 Å². The molecule has 11 heavy (non-hydrogen) atoms. The second-order valence-corrected chi connectivity index (χ2v) is 2.24. The van der Waals surface area contributed by atoms with Crippen molar-refractivity contribution in [1.82, 2.24) is 0 Å². The van der Waals surface area contributed by atoms with Crippen molar-refractivity contribution in [1.29, 1.82) is 5.26 Å². The summed E-state index contributed by atoms with van der Waals surface area (Å²) in [5.74, 6) is -0.377. The first-order valence-corrected chi connectivity index (χ1v) is 3.47. The van der Waals surface area contributed by atoms with E-state index in [0.717, 1.165) is 0 Å². The molecule has 0 aliphatic heterocycles. The first-order valence-electron chi connectivity index (χ1n) is 3.47. The molecule has 0 fully saturated rings. The number of rotatable bonds is 1. The molecule has 0 heterocycles. The minimum atomic E-state index is -0.377. The van der Waals surface area contributed by atoms with Gasteiger partial charge >= 0.3 is 0 Å². The summed E-state index contributed by atoms with van der Waals surface area (Å²) in [5, 5.41) is 8.45. The normalized spacial score (nSPS) is 9.18. The molecular formula is C9H8FN. The van der Waals surface area contributed by atoms with Crippen molar-refractivity contribution >= 4 is 0 Å². The van der Waals surface area contributed by atoms with E-state index in [-0.39, 0.29) is 11.4 Å². The Morgan fingerprint density at radius 2 is 2.27 bits per heavy atom. The lowest BCUT2D eigenvalue weighted by molar-refractivity contribution is 0.608. The number of halogens is 1. The van der Waals surface area contributed by atoms with Gasteiger partial charge in [-0.15, -0.1) is 0 Å². The summed E-state index contributed by atoms with van der Waals surface area (Å²) >= 11 is 0.